The van der Waals surface area contributed by atoms with Gasteiger partial charge in [-0.25, -0.2) is 0 Å². The SMILES string of the molecule is CCCC(CC(N)=O)c1ccccc1Cl. The summed E-state index contributed by atoms with van der Waals surface area (Å²) in [4.78, 5) is 10.9. The highest BCUT2D eigenvalue weighted by molar-refractivity contribution is 6.31. The minimum atomic E-state index is -0.270. The molecule has 1 unspecified atom stereocenters. The molecule has 82 valence electrons. The lowest BCUT2D eigenvalue weighted by atomic mass is 9.91. The zero-order chi connectivity index (χ0) is 11.3. The summed E-state index contributed by atoms with van der Waals surface area (Å²) in [5, 5.41) is 0.720. The van der Waals surface area contributed by atoms with Crippen LogP contribution in [0.25, 0.3) is 0 Å². The molecule has 1 atom stereocenters. The Kier molecular flexibility index (Phi) is 4.63. The summed E-state index contributed by atoms with van der Waals surface area (Å²) in [6, 6.07) is 7.64. The number of rotatable bonds is 5. The fourth-order valence-corrected chi connectivity index (χ4v) is 2.06. The molecule has 0 spiro atoms. The van der Waals surface area contributed by atoms with Crippen molar-refractivity contribution in [3.8, 4) is 0 Å². The number of hydrogen-bond acceptors (Lipinski definition) is 1. The van der Waals surface area contributed by atoms with Gasteiger partial charge in [-0.05, 0) is 24.0 Å². The monoisotopic (exact) mass is 225 g/mol. The first-order valence-electron chi connectivity index (χ1n) is 5.17. The van der Waals surface area contributed by atoms with Crippen molar-refractivity contribution in [3.63, 3.8) is 0 Å². The van der Waals surface area contributed by atoms with Gasteiger partial charge >= 0.3 is 0 Å². The quantitative estimate of drug-likeness (QED) is 0.822. The van der Waals surface area contributed by atoms with E-state index in [1.54, 1.807) is 0 Å². The second-order valence-electron chi connectivity index (χ2n) is 3.68. The number of amides is 1. The number of halogens is 1. The van der Waals surface area contributed by atoms with Gasteiger partial charge in [0, 0.05) is 11.4 Å². The molecule has 0 bridgehead atoms. The van der Waals surface area contributed by atoms with Crippen molar-refractivity contribution in [3.05, 3.63) is 34.9 Å². The normalized spacial score (nSPS) is 12.4. The molecule has 1 aromatic rings. The van der Waals surface area contributed by atoms with Gasteiger partial charge in [0.1, 0.15) is 0 Å². The molecule has 3 heteroatoms. The third-order valence-corrected chi connectivity index (χ3v) is 2.77. The maximum atomic E-state index is 10.9. The zero-order valence-corrected chi connectivity index (χ0v) is 9.63. The molecule has 2 nitrogen and oxygen atoms in total. The average Bonchev–Trinajstić information content (AvgIpc) is 2.17. The maximum Gasteiger partial charge on any atom is 0.218 e. The van der Waals surface area contributed by atoms with Crippen LogP contribution in [0.4, 0.5) is 0 Å². The van der Waals surface area contributed by atoms with E-state index in [1.807, 2.05) is 24.3 Å². The predicted octanol–water partition coefficient (Wildman–Crippen LogP) is 3.10. The van der Waals surface area contributed by atoms with Gasteiger partial charge in [-0.2, -0.15) is 0 Å². The first-order chi connectivity index (χ1) is 7.15. The molecule has 1 aromatic carbocycles. The Balaban J connectivity index is 2.88. The van der Waals surface area contributed by atoms with Crippen molar-refractivity contribution in [1.29, 1.82) is 0 Å². The van der Waals surface area contributed by atoms with Crippen LogP contribution in [-0.2, 0) is 4.79 Å². The second-order valence-corrected chi connectivity index (χ2v) is 4.08. The van der Waals surface area contributed by atoms with Crippen molar-refractivity contribution in [2.45, 2.75) is 32.1 Å². The number of benzene rings is 1. The predicted molar refractivity (Wildman–Crippen MR) is 62.9 cm³/mol. The smallest absolute Gasteiger partial charge is 0.218 e. The van der Waals surface area contributed by atoms with Crippen LogP contribution in [0.5, 0.6) is 0 Å². The molecule has 0 aliphatic heterocycles. The van der Waals surface area contributed by atoms with E-state index < -0.39 is 0 Å². The third kappa shape index (κ3) is 3.56. The Hall–Kier alpha value is -1.02. The lowest BCUT2D eigenvalue weighted by Crippen LogP contribution is -2.15. The Morgan fingerprint density at radius 3 is 2.67 bits per heavy atom. The van der Waals surface area contributed by atoms with E-state index in [0.29, 0.717) is 6.42 Å². The van der Waals surface area contributed by atoms with Gasteiger partial charge in [-0.1, -0.05) is 43.1 Å². The van der Waals surface area contributed by atoms with E-state index in [4.69, 9.17) is 17.3 Å². The summed E-state index contributed by atoms with van der Waals surface area (Å²) in [5.74, 6) is -0.116. The fraction of sp³-hybridized carbons (Fsp3) is 0.417. The van der Waals surface area contributed by atoms with Crippen LogP contribution in [0.3, 0.4) is 0 Å². The van der Waals surface area contributed by atoms with Crippen molar-refractivity contribution >= 4 is 17.5 Å². The summed E-state index contributed by atoms with van der Waals surface area (Å²) < 4.78 is 0. The van der Waals surface area contributed by atoms with Gasteiger partial charge < -0.3 is 5.73 Å². The zero-order valence-electron chi connectivity index (χ0n) is 8.87. The van der Waals surface area contributed by atoms with Crippen molar-refractivity contribution < 1.29 is 4.79 Å². The number of nitrogens with two attached hydrogens (primary N) is 1. The number of hydrogen-bond donors (Lipinski definition) is 1. The Labute approximate surface area is 95.4 Å². The largest absolute Gasteiger partial charge is 0.370 e. The molecule has 0 aliphatic carbocycles. The molecular formula is C12H16ClNO. The van der Waals surface area contributed by atoms with E-state index in [9.17, 15) is 4.79 Å². The third-order valence-electron chi connectivity index (χ3n) is 2.43. The molecule has 0 saturated carbocycles. The van der Waals surface area contributed by atoms with E-state index in [2.05, 4.69) is 6.92 Å². The first kappa shape index (κ1) is 12.1. The summed E-state index contributed by atoms with van der Waals surface area (Å²) in [6.07, 6.45) is 2.33. The fourth-order valence-electron chi connectivity index (χ4n) is 1.77. The number of carbonyl (C=O) groups is 1. The van der Waals surface area contributed by atoms with Crippen LogP contribution in [0.1, 0.15) is 37.7 Å². The highest BCUT2D eigenvalue weighted by atomic mass is 35.5. The number of primary amides is 1. The highest BCUT2D eigenvalue weighted by Gasteiger charge is 2.15. The molecule has 0 aromatic heterocycles. The minimum absolute atomic E-state index is 0.154. The first-order valence-corrected chi connectivity index (χ1v) is 5.55. The molecule has 0 fully saturated rings. The van der Waals surface area contributed by atoms with Gasteiger partial charge in [0.15, 0.2) is 0 Å². The van der Waals surface area contributed by atoms with Gasteiger partial charge in [0.05, 0.1) is 0 Å². The van der Waals surface area contributed by atoms with Crippen LogP contribution in [0, 0.1) is 0 Å². The van der Waals surface area contributed by atoms with E-state index in [-0.39, 0.29) is 11.8 Å². The lowest BCUT2D eigenvalue weighted by molar-refractivity contribution is -0.118. The van der Waals surface area contributed by atoms with Gasteiger partial charge in [-0.15, -0.1) is 0 Å². The molecule has 0 aliphatic rings. The summed E-state index contributed by atoms with van der Waals surface area (Å²) >= 11 is 6.09. The summed E-state index contributed by atoms with van der Waals surface area (Å²) in [6.45, 7) is 2.09. The van der Waals surface area contributed by atoms with Crippen LogP contribution in [0.15, 0.2) is 24.3 Å². The summed E-state index contributed by atoms with van der Waals surface area (Å²) in [5.41, 5.74) is 6.26. The standard InChI is InChI=1S/C12H16ClNO/c1-2-5-9(8-12(14)15)10-6-3-4-7-11(10)13/h3-4,6-7,9H,2,5,8H2,1H3,(H2,14,15). The van der Waals surface area contributed by atoms with Crippen molar-refractivity contribution in [2.24, 2.45) is 5.73 Å². The Morgan fingerprint density at radius 1 is 1.47 bits per heavy atom. The van der Waals surface area contributed by atoms with Gasteiger partial charge in [-0.3, -0.25) is 4.79 Å². The van der Waals surface area contributed by atoms with Crippen LogP contribution >= 0.6 is 11.6 Å². The molecule has 0 heterocycles. The van der Waals surface area contributed by atoms with Crippen LogP contribution in [0.2, 0.25) is 5.02 Å². The topological polar surface area (TPSA) is 43.1 Å². The molecule has 15 heavy (non-hydrogen) atoms. The highest BCUT2D eigenvalue weighted by Crippen LogP contribution is 2.30. The van der Waals surface area contributed by atoms with E-state index in [0.717, 1.165) is 23.4 Å². The van der Waals surface area contributed by atoms with Crippen LogP contribution < -0.4 is 5.73 Å². The Bertz CT molecular complexity index is 338. The van der Waals surface area contributed by atoms with Crippen LogP contribution in [-0.4, -0.2) is 5.91 Å². The van der Waals surface area contributed by atoms with Crippen molar-refractivity contribution in [1.82, 2.24) is 0 Å². The molecule has 2 N–H and O–H groups in total. The van der Waals surface area contributed by atoms with Gasteiger partial charge in [0.2, 0.25) is 5.91 Å². The minimum Gasteiger partial charge on any atom is -0.370 e. The number of carbonyl (C=O) groups excluding carboxylic acids is 1. The van der Waals surface area contributed by atoms with Crippen molar-refractivity contribution in [2.75, 3.05) is 0 Å². The second kappa shape index (κ2) is 5.76. The van der Waals surface area contributed by atoms with E-state index >= 15 is 0 Å². The molecule has 1 amide bonds. The lowest BCUT2D eigenvalue weighted by Gasteiger charge is -2.16. The molecule has 1 rings (SSSR count). The Morgan fingerprint density at radius 2 is 2.13 bits per heavy atom. The van der Waals surface area contributed by atoms with E-state index in [1.165, 1.54) is 0 Å². The maximum absolute atomic E-state index is 10.9. The van der Waals surface area contributed by atoms with Gasteiger partial charge in [0.25, 0.3) is 0 Å². The molecule has 0 saturated heterocycles. The molecule has 0 radical (unpaired) electrons. The summed E-state index contributed by atoms with van der Waals surface area (Å²) in [7, 11) is 0. The molecular weight excluding hydrogens is 210 g/mol. The average molecular weight is 226 g/mol.